The van der Waals surface area contributed by atoms with Crippen LogP contribution in [0.5, 0.6) is 0 Å². The van der Waals surface area contributed by atoms with E-state index in [-0.39, 0.29) is 18.9 Å². The fourth-order valence-electron chi connectivity index (χ4n) is 2.26. The quantitative estimate of drug-likeness (QED) is 0.818. The van der Waals surface area contributed by atoms with Gasteiger partial charge in [-0.15, -0.1) is 12.3 Å². The molecule has 108 valence electrons. The predicted molar refractivity (Wildman–Crippen MR) is 79.7 cm³/mol. The summed E-state index contributed by atoms with van der Waals surface area (Å²) >= 11 is 0. The van der Waals surface area contributed by atoms with Gasteiger partial charge in [-0.3, -0.25) is 4.79 Å². The highest BCUT2D eigenvalue weighted by atomic mass is 16.4. The number of para-hydroxylation sites is 1. The Morgan fingerprint density at radius 1 is 1.43 bits per heavy atom. The topological polar surface area (TPSA) is 71.3 Å². The van der Waals surface area contributed by atoms with Gasteiger partial charge in [0.2, 0.25) is 5.91 Å². The van der Waals surface area contributed by atoms with E-state index in [1.807, 2.05) is 41.8 Å². The van der Waals surface area contributed by atoms with E-state index in [2.05, 4.69) is 11.2 Å². The number of carboxylic acids is 1. The Morgan fingerprint density at radius 2 is 2.14 bits per heavy atom. The van der Waals surface area contributed by atoms with Gasteiger partial charge in [0.15, 0.2) is 0 Å². The molecule has 1 heterocycles. The molecule has 1 aromatic carbocycles. The Hall–Kier alpha value is -2.74. The van der Waals surface area contributed by atoms with Crippen LogP contribution in [0.15, 0.2) is 30.3 Å². The van der Waals surface area contributed by atoms with Crippen LogP contribution in [0.2, 0.25) is 0 Å². The van der Waals surface area contributed by atoms with E-state index in [1.54, 1.807) is 0 Å². The van der Waals surface area contributed by atoms with Crippen LogP contribution in [0.25, 0.3) is 10.9 Å². The van der Waals surface area contributed by atoms with Crippen molar-refractivity contribution >= 4 is 22.8 Å². The summed E-state index contributed by atoms with van der Waals surface area (Å²) in [5.74, 6) is 0.750. The Kier molecular flexibility index (Phi) is 4.29. The Balaban J connectivity index is 2.17. The molecular weight excluding hydrogens is 268 g/mol. The highest BCUT2D eigenvalue weighted by molar-refractivity contribution is 5.86. The lowest BCUT2D eigenvalue weighted by atomic mass is 10.2. The summed E-state index contributed by atoms with van der Waals surface area (Å²) in [6.45, 7) is 1.97. The zero-order chi connectivity index (χ0) is 15.4. The van der Waals surface area contributed by atoms with Gasteiger partial charge in [-0.2, -0.15) is 0 Å². The van der Waals surface area contributed by atoms with Crippen LogP contribution < -0.4 is 5.32 Å². The molecule has 1 amide bonds. The standard InChI is InChI=1S/C16H16N2O3/c1-3-6-13(16(20)21)17-15(19)10-18-11(2)9-12-7-4-5-8-14(12)18/h1,4-5,7-9,13H,6,10H2,2H3,(H,17,19)(H,20,21). The van der Waals surface area contributed by atoms with E-state index in [9.17, 15) is 9.59 Å². The second kappa shape index (κ2) is 6.14. The van der Waals surface area contributed by atoms with Crippen molar-refractivity contribution in [1.29, 1.82) is 0 Å². The normalized spacial score (nSPS) is 11.8. The monoisotopic (exact) mass is 284 g/mol. The zero-order valence-corrected chi connectivity index (χ0v) is 11.7. The van der Waals surface area contributed by atoms with Gasteiger partial charge in [0, 0.05) is 17.6 Å². The predicted octanol–water partition coefficient (Wildman–Crippen LogP) is 1.54. The molecule has 0 saturated heterocycles. The molecule has 0 aliphatic heterocycles. The molecule has 1 atom stereocenters. The molecule has 1 aromatic heterocycles. The van der Waals surface area contributed by atoms with Crippen LogP contribution in [0.3, 0.4) is 0 Å². The van der Waals surface area contributed by atoms with Gasteiger partial charge in [0.25, 0.3) is 0 Å². The highest BCUT2D eigenvalue weighted by Gasteiger charge is 2.19. The molecule has 0 fully saturated rings. The second-order valence-electron chi connectivity index (χ2n) is 4.80. The third-order valence-corrected chi connectivity index (χ3v) is 3.27. The molecule has 2 N–H and O–H groups in total. The van der Waals surface area contributed by atoms with Crippen LogP contribution in [-0.2, 0) is 16.1 Å². The minimum atomic E-state index is -1.13. The lowest BCUT2D eigenvalue weighted by molar-refractivity contribution is -0.141. The molecule has 0 aliphatic rings. The highest BCUT2D eigenvalue weighted by Crippen LogP contribution is 2.18. The number of carboxylic acid groups (broad SMARTS) is 1. The first-order valence-corrected chi connectivity index (χ1v) is 6.53. The van der Waals surface area contributed by atoms with Crippen LogP contribution in [0, 0.1) is 19.3 Å². The molecule has 5 nitrogen and oxygen atoms in total. The summed E-state index contributed by atoms with van der Waals surface area (Å²) in [7, 11) is 0. The van der Waals surface area contributed by atoms with E-state index < -0.39 is 12.0 Å². The zero-order valence-electron chi connectivity index (χ0n) is 11.7. The molecule has 2 rings (SSSR count). The van der Waals surface area contributed by atoms with Gasteiger partial charge in [-0.25, -0.2) is 4.79 Å². The van der Waals surface area contributed by atoms with E-state index in [0.29, 0.717) is 0 Å². The number of aliphatic carboxylic acids is 1. The smallest absolute Gasteiger partial charge is 0.327 e. The van der Waals surface area contributed by atoms with Crippen LogP contribution in [0.4, 0.5) is 0 Å². The molecule has 21 heavy (non-hydrogen) atoms. The summed E-state index contributed by atoms with van der Waals surface area (Å²) in [6, 6.07) is 8.65. The molecule has 2 aromatic rings. The van der Waals surface area contributed by atoms with Crippen molar-refractivity contribution < 1.29 is 14.7 Å². The van der Waals surface area contributed by atoms with Gasteiger partial charge in [0.1, 0.15) is 12.6 Å². The number of rotatable bonds is 5. The minimum Gasteiger partial charge on any atom is -0.480 e. The van der Waals surface area contributed by atoms with E-state index in [1.165, 1.54) is 0 Å². The first-order valence-electron chi connectivity index (χ1n) is 6.53. The van der Waals surface area contributed by atoms with Crippen LogP contribution in [-0.4, -0.2) is 27.6 Å². The Labute approximate surface area is 122 Å². The number of fused-ring (bicyclic) bond motifs is 1. The molecule has 0 aliphatic carbocycles. The third kappa shape index (κ3) is 3.23. The summed E-state index contributed by atoms with van der Waals surface area (Å²) in [5, 5.41) is 12.5. The largest absolute Gasteiger partial charge is 0.480 e. The van der Waals surface area contributed by atoms with Crippen molar-refractivity contribution in [3.8, 4) is 12.3 Å². The fourth-order valence-corrected chi connectivity index (χ4v) is 2.26. The van der Waals surface area contributed by atoms with Crippen LogP contribution in [0.1, 0.15) is 12.1 Å². The number of benzene rings is 1. The number of nitrogens with one attached hydrogen (secondary N) is 1. The van der Waals surface area contributed by atoms with E-state index in [0.717, 1.165) is 16.6 Å². The first-order chi connectivity index (χ1) is 10.0. The van der Waals surface area contributed by atoms with Crippen molar-refractivity contribution in [2.75, 3.05) is 0 Å². The molecular formula is C16H16N2O3. The number of terminal acetylenes is 1. The number of carbonyl (C=O) groups excluding carboxylic acids is 1. The Bertz CT molecular complexity index is 725. The maximum absolute atomic E-state index is 12.0. The van der Waals surface area contributed by atoms with Crippen molar-refractivity contribution in [3.63, 3.8) is 0 Å². The molecule has 5 heteroatoms. The van der Waals surface area contributed by atoms with Gasteiger partial charge in [-0.05, 0) is 24.4 Å². The molecule has 0 radical (unpaired) electrons. The molecule has 0 spiro atoms. The molecule has 1 unspecified atom stereocenters. The molecule has 0 bridgehead atoms. The summed E-state index contributed by atoms with van der Waals surface area (Å²) in [4.78, 5) is 23.0. The number of amides is 1. The summed E-state index contributed by atoms with van der Waals surface area (Å²) in [6.07, 6.45) is 5.07. The fraction of sp³-hybridized carbons (Fsp3) is 0.250. The van der Waals surface area contributed by atoms with Gasteiger partial charge in [-0.1, -0.05) is 18.2 Å². The van der Waals surface area contributed by atoms with Crippen LogP contribution >= 0.6 is 0 Å². The molecule has 0 saturated carbocycles. The van der Waals surface area contributed by atoms with Crippen molar-refractivity contribution in [3.05, 3.63) is 36.0 Å². The van der Waals surface area contributed by atoms with Crippen molar-refractivity contribution in [1.82, 2.24) is 9.88 Å². The maximum Gasteiger partial charge on any atom is 0.327 e. The first kappa shape index (κ1) is 14.7. The average molecular weight is 284 g/mol. The second-order valence-corrected chi connectivity index (χ2v) is 4.80. The van der Waals surface area contributed by atoms with Crippen molar-refractivity contribution in [2.24, 2.45) is 0 Å². The lowest BCUT2D eigenvalue weighted by Gasteiger charge is -2.13. The van der Waals surface area contributed by atoms with Gasteiger partial charge >= 0.3 is 5.97 Å². The number of hydrogen-bond donors (Lipinski definition) is 2. The number of aromatic nitrogens is 1. The summed E-state index contributed by atoms with van der Waals surface area (Å²) < 4.78 is 1.85. The lowest BCUT2D eigenvalue weighted by Crippen LogP contribution is -2.42. The summed E-state index contributed by atoms with van der Waals surface area (Å²) in [5.41, 5.74) is 1.88. The number of aryl methyl sites for hydroxylation is 1. The number of carbonyl (C=O) groups is 2. The van der Waals surface area contributed by atoms with E-state index in [4.69, 9.17) is 11.5 Å². The third-order valence-electron chi connectivity index (χ3n) is 3.27. The maximum atomic E-state index is 12.0. The number of nitrogens with zero attached hydrogens (tertiary/aromatic N) is 1. The number of hydrogen-bond acceptors (Lipinski definition) is 2. The minimum absolute atomic E-state index is 0.0352. The van der Waals surface area contributed by atoms with Gasteiger partial charge in [0.05, 0.1) is 0 Å². The van der Waals surface area contributed by atoms with Gasteiger partial charge < -0.3 is 15.0 Å². The Morgan fingerprint density at radius 3 is 2.81 bits per heavy atom. The van der Waals surface area contributed by atoms with E-state index >= 15 is 0 Å². The van der Waals surface area contributed by atoms with Crippen molar-refractivity contribution in [2.45, 2.75) is 25.9 Å². The average Bonchev–Trinajstić information content (AvgIpc) is 2.75. The SMILES string of the molecule is C#CCC(NC(=O)Cn1c(C)cc2ccccc21)C(=O)O.